The van der Waals surface area contributed by atoms with Crippen molar-refractivity contribution < 1.29 is 9.13 Å². The molecule has 0 radical (unpaired) electrons. The molecule has 2 aliphatic rings. The Balaban J connectivity index is 1.36. The van der Waals surface area contributed by atoms with Gasteiger partial charge in [-0.2, -0.15) is 5.10 Å². The minimum absolute atomic E-state index is 0.415. The summed E-state index contributed by atoms with van der Waals surface area (Å²) in [6.45, 7) is 3.77. The van der Waals surface area contributed by atoms with Crippen molar-refractivity contribution in [3.8, 4) is 5.75 Å². The molecule has 4 heterocycles. The molecule has 4 rings (SSSR count). The number of aromatic nitrogens is 2. The number of nitrogens with one attached hydrogen (secondary N) is 1. The lowest BCUT2D eigenvalue weighted by molar-refractivity contribution is 0.316. The van der Waals surface area contributed by atoms with Crippen LogP contribution in [0.5, 0.6) is 5.75 Å². The number of pyridine rings is 2. The van der Waals surface area contributed by atoms with Crippen LogP contribution in [0.2, 0.25) is 0 Å². The second-order valence-corrected chi connectivity index (χ2v) is 6.65. The van der Waals surface area contributed by atoms with Crippen LogP contribution in [0.25, 0.3) is 0 Å². The highest BCUT2D eigenvalue weighted by molar-refractivity contribution is 7.80. The monoisotopic (exact) mass is 386 g/mol. The fourth-order valence-corrected chi connectivity index (χ4v) is 3.36. The number of thiocarbonyl (C=S) groups is 1. The number of hydrazone groups is 1. The molecule has 0 saturated carbocycles. The Bertz CT molecular complexity index is 854. The van der Waals surface area contributed by atoms with E-state index in [9.17, 15) is 4.39 Å². The van der Waals surface area contributed by atoms with E-state index in [1.54, 1.807) is 6.20 Å². The third kappa shape index (κ3) is 3.97. The topological polar surface area (TPSA) is 65.9 Å². The van der Waals surface area contributed by atoms with Crippen LogP contribution in [0.15, 0.2) is 41.9 Å². The molecule has 1 saturated heterocycles. The number of nitrogens with zero attached hydrogens (tertiary/aromatic N) is 5. The highest BCUT2D eigenvalue weighted by Gasteiger charge is 2.21. The van der Waals surface area contributed by atoms with E-state index in [2.05, 4.69) is 36.4 Å². The third-order valence-corrected chi connectivity index (χ3v) is 4.90. The van der Waals surface area contributed by atoms with Gasteiger partial charge in [-0.25, -0.2) is 9.37 Å². The highest BCUT2D eigenvalue weighted by atomic mass is 32.1. The van der Waals surface area contributed by atoms with Crippen molar-refractivity contribution in [2.45, 2.75) is 6.42 Å². The first-order valence-corrected chi connectivity index (χ1v) is 9.17. The third-order valence-electron chi connectivity index (χ3n) is 4.55. The first-order chi connectivity index (χ1) is 13.2. The number of piperazine rings is 1. The second-order valence-electron chi connectivity index (χ2n) is 6.26. The molecular weight excluding hydrogens is 367 g/mol. The van der Waals surface area contributed by atoms with E-state index in [0.717, 1.165) is 31.9 Å². The molecule has 27 heavy (non-hydrogen) atoms. The van der Waals surface area contributed by atoms with Gasteiger partial charge in [0, 0.05) is 44.9 Å². The number of rotatable bonds is 2. The fourth-order valence-electron chi connectivity index (χ4n) is 3.13. The van der Waals surface area contributed by atoms with Gasteiger partial charge in [0.1, 0.15) is 17.3 Å². The van der Waals surface area contributed by atoms with Crippen LogP contribution in [-0.4, -0.2) is 58.5 Å². The zero-order chi connectivity index (χ0) is 18.6. The maximum absolute atomic E-state index is 13.3. The summed E-state index contributed by atoms with van der Waals surface area (Å²) < 4.78 is 18.7. The average molecular weight is 386 g/mol. The van der Waals surface area contributed by atoms with E-state index in [-0.39, 0.29) is 0 Å². The van der Waals surface area contributed by atoms with E-state index in [1.807, 2.05) is 12.3 Å². The van der Waals surface area contributed by atoms with Crippen molar-refractivity contribution in [1.82, 2.24) is 20.3 Å². The summed E-state index contributed by atoms with van der Waals surface area (Å²) in [5.41, 5.74) is 5.35. The van der Waals surface area contributed by atoms with Gasteiger partial charge in [-0.3, -0.25) is 10.4 Å². The summed E-state index contributed by atoms with van der Waals surface area (Å²) in [4.78, 5) is 12.6. The number of hydrogen-bond acceptors (Lipinski definition) is 6. The van der Waals surface area contributed by atoms with E-state index in [4.69, 9.17) is 17.0 Å². The Labute approximate surface area is 161 Å². The van der Waals surface area contributed by atoms with Gasteiger partial charge >= 0.3 is 0 Å². The molecule has 0 bridgehead atoms. The van der Waals surface area contributed by atoms with Crippen molar-refractivity contribution in [1.29, 1.82) is 0 Å². The summed E-state index contributed by atoms with van der Waals surface area (Å²) in [5, 5.41) is 4.97. The lowest BCUT2D eigenvalue weighted by Gasteiger charge is -2.36. The molecule has 0 atom stereocenters. The minimum atomic E-state index is -0.426. The molecule has 140 valence electrons. The lowest BCUT2D eigenvalue weighted by atomic mass is 10.1. The molecule has 7 nitrogen and oxygen atoms in total. The van der Waals surface area contributed by atoms with Gasteiger partial charge in [0.2, 0.25) is 0 Å². The minimum Gasteiger partial charge on any atom is -0.491 e. The molecule has 1 N–H and O–H groups in total. The first-order valence-electron chi connectivity index (χ1n) is 8.76. The molecule has 0 aliphatic carbocycles. The molecule has 0 amide bonds. The largest absolute Gasteiger partial charge is 0.491 e. The number of fused-ring (bicyclic) bond motifs is 1. The number of ether oxygens (including phenoxy) is 1. The molecule has 2 aliphatic heterocycles. The molecule has 2 aromatic rings. The normalized spacial score (nSPS) is 18.0. The van der Waals surface area contributed by atoms with Gasteiger partial charge in [0.25, 0.3) is 0 Å². The van der Waals surface area contributed by atoms with Gasteiger partial charge in [-0.1, -0.05) is 0 Å². The molecule has 0 spiro atoms. The summed E-state index contributed by atoms with van der Waals surface area (Å²) >= 11 is 5.48. The van der Waals surface area contributed by atoms with E-state index < -0.39 is 5.82 Å². The predicted octanol–water partition coefficient (Wildman–Crippen LogP) is 1.80. The summed E-state index contributed by atoms with van der Waals surface area (Å²) in [6, 6.07) is 5.33. The Morgan fingerprint density at radius 1 is 1.26 bits per heavy atom. The Kier molecular flexibility index (Phi) is 5.10. The lowest BCUT2D eigenvalue weighted by Crippen LogP contribution is -2.51. The summed E-state index contributed by atoms with van der Waals surface area (Å²) in [7, 11) is 0. The average Bonchev–Trinajstić information content (AvgIpc) is 2.72. The summed E-state index contributed by atoms with van der Waals surface area (Å²) in [5.74, 6) is -0.0113. The van der Waals surface area contributed by atoms with Gasteiger partial charge in [-0.15, -0.1) is 0 Å². The van der Waals surface area contributed by atoms with Crippen LogP contribution in [0.4, 0.5) is 10.1 Å². The van der Waals surface area contributed by atoms with Crippen molar-refractivity contribution in [3.63, 3.8) is 0 Å². The van der Waals surface area contributed by atoms with Gasteiger partial charge in [0.05, 0.1) is 30.4 Å². The van der Waals surface area contributed by atoms with E-state index >= 15 is 0 Å². The maximum atomic E-state index is 13.3. The van der Waals surface area contributed by atoms with Gasteiger partial charge in [0.15, 0.2) is 5.11 Å². The Morgan fingerprint density at radius 3 is 2.89 bits per heavy atom. The van der Waals surface area contributed by atoms with Crippen molar-refractivity contribution in [2.24, 2.45) is 5.10 Å². The van der Waals surface area contributed by atoms with E-state index in [1.165, 1.54) is 12.3 Å². The van der Waals surface area contributed by atoms with Crippen LogP contribution < -0.4 is 15.1 Å². The van der Waals surface area contributed by atoms with Gasteiger partial charge < -0.3 is 14.5 Å². The second kappa shape index (κ2) is 7.83. The molecule has 0 aromatic carbocycles. The first kappa shape index (κ1) is 17.6. The van der Waals surface area contributed by atoms with Crippen LogP contribution in [0.3, 0.4) is 0 Å². The standard InChI is InChI=1S/C18H19FN6OS/c19-13-10-16-17(21-11-13)15(3-9-26-16)22-23-18(27)25-7-5-24(6-8-25)14-2-1-4-20-12-14/h1-2,4,10-12H,3,5-9H2,(H,23,27)/b22-15-. The molecule has 1 fully saturated rings. The van der Waals surface area contributed by atoms with Crippen molar-refractivity contribution in [2.75, 3.05) is 37.7 Å². The Hall–Kier alpha value is -2.81. The maximum Gasteiger partial charge on any atom is 0.189 e. The fraction of sp³-hybridized carbons (Fsp3) is 0.333. The van der Waals surface area contributed by atoms with Crippen molar-refractivity contribution in [3.05, 3.63) is 48.3 Å². The van der Waals surface area contributed by atoms with Crippen LogP contribution >= 0.6 is 12.2 Å². The zero-order valence-corrected chi connectivity index (χ0v) is 15.5. The molecule has 9 heteroatoms. The SMILES string of the molecule is Fc1cnc2c(c1)OCC/C2=N/NC(=S)N1CCN(c2cccnc2)CC1. The van der Waals surface area contributed by atoms with Crippen molar-refractivity contribution >= 4 is 28.7 Å². The summed E-state index contributed by atoms with van der Waals surface area (Å²) in [6.07, 6.45) is 5.40. The van der Waals surface area contributed by atoms with Crippen LogP contribution in [0, 0.1) is 5.82 Å². The molecular formula is C18H19FN6OS. The van der Waals surface area contributed by atoms with Crippen LogP contribution in [0.1, 0.15) is 12.1 Å². The molecule has 2 aromatic heterocycles. The predicted molar refractivity (Wildman–Crippen MR) is 105 cm³/mol. The number of halogens is 1. The molecule has 0 unspecified atom stereocenters. The number of hydrogen-bond donors (Lipinski definition) is 1. The smallest absolute Gasteiger partial charge is 0.189 e. The Morgan fingerprint density at radius 2 is 2.11 bits per heavy atom. The quantitative estimate of drug-likeness (QED) is 0.624. The van der Waals surface area contributed by atoms with Crippen LogP contribution in [-0.2, 0) is 0 Å². The zero-order valence-electron chi connectivity index (χ0n) is 14.6. The van der Waals surface area contributed by atoms with Gasteiger partial charge in [-0.05, 0) is 24.4 Å². The number of anilines is 1. The van der Waals surface area contributed by atoms with E-state index in [0.29, 0.717) is 35.3 Å². The highest BCUT2D eigenvalue weighted by Crippen LogP contribution is 2.23.